The van der Waals surface area contributed by atoms with E-state index in [-0.39, 0.29) is 5.83 Å². The van der Waals surface area contributed by atoms with Crippen LogP contribution < -0.4 is 0 Å². The first-order chi connectivity index (χ1) is 7.71. The molecule has 0 aromatic carbocycles. The Kier molecular flexibility index (Phi) is 2.87. The van der Waals surface area contributed by atoms with Gasteiger partial charge in [0.1, 0.15) is 5.83 Å². The fourth-order valence-corrected chi connectivity index (χ4v) is 1.91. The second-order valence-corrected chi connectivity index (χ2v) is 5.72. The third-order valence-corrected chi connectivity index (χ3v) is 3.62. The van der Waals surface area contributed by atoms with E-state index in [4.69, 9.17) is 9.31 Å². The van der Waals surface area contributed by atoms with Gasteiger partial charge in [-0.1, -0.05) is 0 Å². The highest BCUT2D eigenvalue weighted by atomic mass is 19.1. The Morgan fingerprint density at radius 1 is 1.24 bits per heavy atom. The molecule has 0 spiro atoms. The molecule has 0 amide bonds. The lowest BCUT2D eigenvalue weighted by atomic mass is 9.77. The van der Waals surface area contributed by atoms with E-state index in [1.165, 1.54) is 6.08 Å². The minimum Gasteiger partial charge on any atom is -0.399 e. The summed E-state index contributed by atoms with van der Waals surface area (Å²) >= 11 is 0. The Balaban J connectivity index is 2.22. The van der Waals surface area contributed by atoms with Gasteiger partial charge in [-0.3, -0.25) is 0 Å². The molecule has 2 aliphatic rings. The van der Waals surface area contributed by atoms with E-state index in [9.17, 15) is 4.39 Å². The molecule has 2 heterocycles. The molecule has 0 aliphatic carbocycles. The quantitative estimate of drug-likeness (QED) is 0.655. The molecule has 0 atom stereocenters. The Morgan fingerprint density at radius 3 is 2.24 bits per heavy atom. The van der Waals surface area contributed by atoms with Crippen molar-refractivity contribution >= 4 is 7.12 Å². The van der Waals surface area contributed by atoms with Gasteiger partial charge in [0.05, 0.1) is 17.7 Å². The lowest BCUT2D eigenvalue weighted by Gasteiger charge is -2.32. The van der Waals surface area contributed by atoms with Crippen molar-refractivity contribution in [2.24, 2.45) is 0 Å². The zero-order valence-corrected chi connectivity index (χ0v) is 11.1. The molecular formula is C12H19BFNO2. The topological polar surface area (TPSA) is 21.7 Å². The average molecular weight is 239 g/mol. The van der Waals surface area contributed by atoms with Crippen LogP contribution in [0, 0.1) is 0 Å². The van der Waals surface area contributed by atoms with Crippen LogP contribution in [0.4, 0.5) is 4.39 Å². The van der Waals surface area contributed by atoms with Crippen LogP contribution in [0.3, 0.4) is 0 Å². The fourth-order valence-electron chi connectivity index (χ4n) is 1.91. The number of likely N-dealkylation sites (N-methyl/N-ethyl adjacent to an activating group) is 1. The maximum absolute atomic E-state index is 13.4. The summed E-state index contributed by atoms with van der Waals surface area (Å²) in [5, 5.41) is 0. The van der Waals surface area contributed by atoms with Gasteiger partial charge in [-0.05, 0) is 40.0 Å². The van der Waals surface area contributed by atoms with Crippen LogP contribution >= 0.6 is 0 Å². The molecule has 0 radical (unpaired) electrons. The minimum absolute atomic E-state index is 0.167. The van der Waals surface area contributed by atoms with Crippen molar-refractivity contribution in [1.82, 2.24) is 4.90 Å². The van der Waals surface area contributed by atoms with Crippen LogP contribution in [0.5, 0.6) is 0 Å². The summed E-state index contributed by atoms with van der Waals surface area (Å²) in [6.45, 7) is 8.25. The van der Waals surface area contributed by atoms with Gasteiger partial charge in [0.15, 0.2) is 0 Å². The van der Waals surface area contributed by atoms with Gasteiger partial charge >= 0.3 is 7.12 Å². The molecule has 2 rings (SSSR count). The van der Waals surface area contributed by atoms with Crippen molar-refractivity contribution in [3.63, 3.8) is 0 Å². The molecule has 0 aromatic rings. The number of hydrogen-bond donors (Lipinski definition) is 0. The van der Waals surface area contributed by atoms with Gasteiger partial charge in [0.2, 0.25) is 0 Å². The van der Waals surface area contributed by atoms with E-state index in [0.29, 0.717) is 6.54 Å². The predicted molar refractivity (Wildman–Crippen MR) is 66.0 cm³/mol. The van der Waals surface area contributed by atoms with E-state index in [2.05, 4.69) is 0 Å². The van der Waals surface area contributed by atoms with E-state index in [1.54, 1.807) is 4.90 Å². The van der Waals surface area contributed by atoms with Crippen LogP contribution in [0.15, 0.2) is 23.6 Å². The van der Waals surface area contributed by atoms with Gasteiger partial charge in [-0.2, -0.15) is 0 Å². The van der Waals surface area contributed by atoms with Gasteiger partial charge in [-0.25, -0.2) is 4.39 Å². The highest BCUT2D eigenvalue weighted by Gasteiger charge is 2.52. The second kappa shape index (κ2) is 3.85. The van der Waals surface area contributed by atoms with Crippen molar-refractivity contribution in [1.29, 1.82) is 0 Å². The Morgan fingerprint density at radius 2 is 1.76 bits per heavy atom. The standard InChI is InChI=1S/C12H19BFNO2/c1-11(2)12(3,4)17-13(16-11)9-6-10(14)8-15(5)7-9/h6-7H,8H2,1-5H3. The molecule has 0 aromatic heterocycles. The molecule has 5 heteroatoms. The van der Waals surface area contributed by atoms with Crippen LogP contribution in [-0.4, -0.2) is 36.8 Å². The summed E-state index contributed by atoms with van der Waals surface area (Å²) in [5.41, 5.74) is -0.0487. The van der Waals surface area contributed by atoms with Crippen molar-refractivity contribution in [3.05, 3.63) is 23.6 Å². The van der Waals surface area contributed by atoms with Crippen LogP contribution in [0.1, 0.15) is 27.7 Å². The Hall–Kier alpha value is -0.805. The number of hydrogen-bond acceptors (Lipinski definition) is 3. The lowest BCUT2D eigenvalue weighted by molar-refractivity contribution is 0.00578. The molecule has 94 valence electrons. The van der Waals surface area contributed by atoms with E-state index < -0.39 is 18.3 Å². The highest BCUT2D eigenvalue weighted by molar-refractivity contribution is 6.55. The average Bonchev–Trinajstić information content (AvgIpc) is 2.34. The first-order valence-corrected chi connectivity index (χ1v) is 5.85. The number of halogens is 1. The van der Waals surface area contributed by atoms with Gasteiger partial charge in [0, 0.05) is 12.5 Å². The van der Waals surface area contributed by atoms with Gasteiger partial charge in [0.25, 0.3) is 0 Å². The molecule has 0 N–H and O–H groups in total. The maximum atomic E-state index is 13.4. The number of rotatable bonds is 1. The fraction of sp³-hybridized carbons (Fsp3) is 0.667. The maximum Gasteiger partial charge on any atom is 0.496 e. The van der Waals surface area contributed by atoms with Crippen LogP contribution in [-0.2, 0) is 9.31 Å². The minimum atomic E-state index is -0.492. The smallest absolute Gasteiger partial charge is 0.399 e. The predicted octanol–water partition coefficient (Wildman–Crippen LogP) is 2.30. The molecule has 1 fully saturated rings. The first-order valence-electron chi connectivity index (χ1n) is 5.85. The lowest BCUT2D eigenvalue weighted by Crippen LogP contribution is -2.41. The molecule has 0 unspecified atom stereocenters. The molecule has 1 saturated heterocycles. The van der Waals surface area contributed by atoms with Crippen molar-refractivity contribution in [2.75, 3.05) is 13.6 Å². The van der Waals surface area contributed by atoms with Gasteiger partial charge < -0.3 is 14.2 Å². The molecule has 0 saturated carbocycles. The van der Waals surface area contributed by atoms with E-state index in [0.717, 1.165) is 5.47 Å². The van der Waals surface area contributed by atoms with Crippen LogP contribution in [0.25, 0.3) is 0 Å². The summed E-state index contributed by atoms with van der Waals surface area (Å²) < 4.78 is 25.1. The van der Waals surface area contributed by atoms with E-state index >= 15 is 0 Å². The number of nitrogens with zero attached hydrogens (tertiary/aromatic N) is 1. The summed E-state index contributed by atoms with van der Waals surface area (Å²) in [7, 11) is 1.34. The SMILES string of the molecule is CN1C=C(B2OC(C)(C)C(C)(C)O2)C=C(F)C1. The summed E-state index contributed by atoms with van der Waals surface area (Å²) in [5.74, 6) is -0.167. The molecule has 3 nitrogen and oxygen atoms in total. The molecule has 17 heavy (non-hydrogen) atoms. The second-order valence-electron chi connectivity index (χ2n) is 5.72. The normalized spacial score (nSPS) is 26.9. The van der Waals surface area contributed by atoms with E-state index in [1.807, 2.05) is 40.9 Å². The van der Waals surface area contributed by atoms with Gasteiger partial charge in [-0.15, -0.1) is 0 Å². The Labute approximate surface area is 102 Å². The highest BCUT2D eigenvalue weighted by Crippen LogP contribution is 2.39. The first kappa shape index (κ1) is 12.6. The monoisotopic (exact) mass is 239 g/mol. The third kappa shape index (κ3) is 2.26. The summed E-state index contributed by atoms with van der Waals surface area (Å²) in [4.78, 5) is 1.79. The van der Waals surface area contributed by atoms with Crippen molar-refractivity contribution in [3.8, 4) is 0 Å². The zero-order chi connectivity index (χ0) is 12.8. The third-order valence-electron chi connectivity index (χ3n) is 3.62. The largest absolute Gasteiger partial charge is 0.496 e. The molecule has 2 aliphatic heterocycles. The van der Waals surface area contributed by atoms with Crippen LogP contribution in [0.2, 0.25) is 0 Å². The zero-order valence-electron chi connectivity index (χ0n) is 11.1. The summed E-state index contributed by atoms with van der Waals surface area (Å²) in [6.07, 6.45) is 3.37. The number of allylic oxidation sites excluding steroid dienone is 2. The molecule has 0 bridgehead atoms. The Bertz CT molecular complexity index is 374. The van der Waals surface area contributed by atoms with Crippen molar-refractivity contribution in [2.45, 2.75) is 38.9 Å². The summed E-state index contributed by atoms with van der Waals surface area (Å²) in [6, 6.07) is 0. The molecular weight excluding hydrogens is 220 g/mol. The van der Waals surface area contributed by atoms with Crippen molar-refractivity contribution < 1.29 is 13.7 Å².